The van der Waals surface area contributed by atoms with E-state index in [-0.39, 0.29) is 12.0 Å². The van der Waals surface area contributed by atoms with Crippen molar-refractivity contribution in [1.29, 1.82) is 0 Å². The molecule has 0 saturated heterocycles. The molecule has 4 aromatic carbocycles. The van der Waals surface area contributed by atoms with Crippen LogP contribution in [0.2, 0.25) is 0 Å². The fourth-order valence-corrected chi connectivity index (χ4v) is 5.30. The zero-order chi connectivity index (χ0) is 24.4. The van der Waals surface area contributed by atoms with Crippen molar-refractivity contribution in [3.8, 4) is 0 Å². The first-order valence-electron chi connectivity index (χ1n) is 12.3. The Bertz CT molecular complexity index is 1360. The van der Waals surface area contributed by atoms with Crippen LogP contribution in [0.15, 0.2) is 84.9 Å². The Kier molecular flexibility index (Phi) is 6.56. The third-order valence-electron chi connectivity index (χ3n) is 7.16. The SMILES string of the molecule is COC(=O)c1ccc(N2CC(CN[C@H](C)c3cccc4ccccc34)Cc3ccccc32)cc1C. The van der Waals surface area contributed by atoms with Crippen LogP contribution in [0.4, 0.5) is 11.4 Å². The summed E-state index contributed by atoms with van der Waals surface area (Å²) in [6, 6.07) is 30.1. The quantitative estimate of drug-likeness (QED) is 0.327. The van der Waals surface area contributed by atoms with Crippen LogP contribution in [0, 0.1) is 12.8 Å². The van der Waals surface area contributed by atoms with Crippen LogP contribution in [0.25, 0.3) is 10.8 Å². The van der Waals surface area contributed by atoms with E-state index >= 15 is 0 Å². The molecule has 0 saturated carbocycles. The van der Waals surface area contributed by atoms with E-state index in [1.54, 1.807) is 0 Å². The molecular formula is C31H32N2O2. The highest BCUT2D eigenvalue weighted by atomic mass is 16.5. The molecule has 0 radical (unpaired) electrons. The van der Waals surface area contributed by atoms with E-state index in [9.17, 15) is 4.79 Å². The van der Waals surface area contributed by atoms with Gasteiger partial charge in [-0.1, -0.05) is 60.7 Å². The van der Waals surface area contributed by atoms with E-state index in [0.29, 0.717) is 11.5 Å². The number of nitrogens with one attached hydrogen (secondary N) is 1. The van der Waals surface area contributed by atoms with Crippen molar-refractivity contribution in [2.24, 2.45) is 5.92 Å². The van der Waals surface area contributed by atoms with Gasteiger partial charge in [0.1, 0.15) is 0 Å². The van der Waals surface area contributed by atoms with Crippen molar-refractivity contribution in [3.05, 3.63) is 107 Å². The first-order chi connectivity index (χ1) is 17.0. The zero-order valence-corrected chi connectivity index (χ0v) is 20.6. The van der Waals surface area contributed by atoms with E-state index in [1.165, 1.54) is 34.7 Å². The molecule has 0 bridgehead atoms. The number of ether oxygens (including phenoxy) is 1. The first kappa shape index (κ1) is 23.1. The number of benzene rings is 4. The normalized spacial score (nSPS) is 16.1. The second-order valence-corrected chi connectivity index (χ2v) is 9.50. The molecule has 0 fully saturated rings. The van der Waals surface area contributed by atoms with Crippen LogP contribution in [0.1, 0.15) is 40.0 Å². The number of esters is 1. The fraction of sp³-hybridized carbons (Fsp3) is 0.258. The van der Waals surface area contributed by atoms with Gasteiger partial charge in [0.2, 0.25) is 0 Å². The summed E-state index contributed by atoms with van der Waals surface area (Å²) in [5.41, 5.74) is 6.59. The van der Waals surface area contributed by atoms with Crippen LogP contribution in [0.5, 0.6) is 0 Å². The van der Waals surface area contributed by atoms with E-state index in [1.807, 2.05) is 19.1 Å². The first-order valence-corrected chi connectivity index (χ1v) is 12.3. The molecule has 1 N–H and O–H groups in total. The molecule has 0 spiro atoms. The third kappa shape index (κ3) is 4.67. The molecule has 1 heterocycles. The summed E-state index contributed by atoms with van der Waals surface area (Å²) in [6.45, 7) is 6.07. The Morgan fingerprint density at radius 3 is 2.63 bits per heavy atom. The molecule has 1 unspecified atom stereocenters. The number of hydrogen-bond donors (Lipinski definition) is 1. The molecule has 4 heteroatoms. The van der Waals surface area contributed by atoms with Gasteiger partial charge in [-0.25, -0.2) is 4.79 Å². The van der Waals surface area contributed by atoms with Gasteiger partial charge >= 0.3 is 5.97 Å². The summed E-state index contributed by atoms with van der Waals surface area (Å²) in [5.74, 6) is 0.167. The predicted molar refractivity (Wildman–Crippen MR) is 144 cm³/mol. The van der Waals surface area contributed by atoms with Crippen molar-refractivity contribution in [3.63, 3.8) is 0 Å². The number of fused-ring (bicyclic) bond motifs is 2. The highest BCUT2D eigenvalue weighted by Gasteiger charge is 2.26. The molecule has 35 heavy (non-hydrogen) atoms. The van der Waals surface area contributed by atoms with Gasteiger partial charge in [-0.2, -0.15) is 0 Å². The van der Waals surface area contributed by atoms with Crippen molar-refractivity contribution < 1.29 is 9.53 Å². The average Bonchev–Trinajstić information content (AvgIpc) is 2.90. The van der Waals surface area contributed by atoms with Crippen molar-refractivity contribution in [2.75, 3.05) is 25.1 Å². The van der Waals surface area contributed by atoms with Gasteiger partial charge in [0, 0.05) is 30.5 Å². The average molecular weight is 465 g/mol. The Balaban J connectivity index is 1.37. The Labute approximate surface area is 207 Å². The van der Waals surface area contributed by atoms with E-state index < -0.39 is 0 Å². The maximum Gasteiger partial charge on any atom is 0.338 e. The van der Waals surface area contributed by atoms with Gasteiger partial charge in [-0.15, -0.1) is 0 Å². The summed E-state index contributed by atoms with van der Waals surface area (Å²) in [4.78, 5) is 14.5. The number of hydrogen-bond acceptors (Lipinski definition) is 4. The Hall–Kier alpha value is -3.63. The third-order valence-corrected chi connectivity index (χ3v) is 7.16. The molecule has 1 aliphatic heterocycles. The molecule has 178 valence electrons. The summed E-state index contributed by atoms with van der Waals surface area (Å²) in [7, 11) is 1.42. The maximum atomic E-state index is 12.1. The number of rotatable bonds is 6. The number of para-hydroxylation sites is 1. The minimum Gasteiger partial charge on any atom is -0.465 e. The second kappa shape index (κ2) is 9.93. The Morgan fingerprint density at radius 2 is 1.80 bits per heavy atom. The summed E-state index contributed by atoms with van der Waals surface area (Å²) < 4.78 is 4.93. The molecule has 4 nitrogen and oxygen atoms in total. The molecule has 1 aliphatic rings. The number of methoxy groups -OCH3 is 1. The van der Waals surface area contributed by atoms with E-state index in [4.69, 9.17) is 4.74 Å². The van der Waals surface area contributed by atoms with E-state index in [2.05, 4.69) is 89.9 Å². The lowest BCUT2D eigenvalue weighted by atomic mass is 9.91. The van der Waals surface area contributed by atoms with Crippen molar-refractivity contribution in [2.45, 2.75) is 26.3 Å². The number of nitrogens with zero attached hydrogens (tertiary/aromatic N) is 1. The Morgan fingerprint density at radius 1 is 1.03 bits per heavy atom. The lowest BCUT2D eigenvalue weighted by Gasteiger charge is -2.37. The molecule has 0 aromatic heterocycles. The standard InChI is InChI=1S/C31H32N2O2/c1-21-17-26(15-16-27(21)31(34)35-3)33-20-23(18-25-10-5-7-14-30(25)33)19-32-22(2)28-13-8-11-24-9-4-6-12-29(24)28/h4-17,22-23,32H,18-20H2,1-3H3/t22-,23?/m1/s1. The molecule has 0 aliphatic carbocycles. The maximum absolute atomic E-state index is 12.1. The minimum atomic E-state index is -0.294. The van der Waals surface area contributed by atoms with Crippen molar-refractivity contribution in [1.82, 2.24) is 5.32 Å². The van der Waals surface area contributed by atoms with Gasteiger partial charge in [-0.3, -0.25) is 0 Å². The number of carbonyl (C=O) groups is 1. The number of aryl methyl sites for hydroxylation is 1. The highest BCUT2D eigenvalue weighted by Crippen LogP contribution is 2.36. The molecule has 4 aromatic rings. The lowest BCUT2D eigenvalue weighted by molar-refractivity contribution is 0.0600. The van der Waals surface area contributed by atoms with Crippen LogP contribution in [0.3, 0.4) is 0 Å². The highest BCUT2D eigenvalue weighted by molar-refractivity contribution is 5.91. The number of anilines is 2. The monoisotopic (exact) mass is 464 g/mol. The molecular weight excluding hydrogens is 432 g/mol. The summed E-state index contributed by atoms with van der Waals surface area (Å²) >= 11 is 0. The van der Waals surface area contributed by atoms with Gasteiger partial charge in [0.25, 0.3) is 0 Å². The van der Waals surface area contributed by atoms with Crippen LogP contribution < -0.4 is 10.2 Å². The van der Waals surface area contributed by atoms with Gasteiger partial charge in [0.05, 0.1) is 12.7 Å². The fourth-order valence-electron chi connectivity index (χ4n) is 5.30. The van der Waals surface area contributed by atoms with Crippen LogP contribution >= 0.6 is 0 Å². The van der Waals surface area contributed by atoms with Gasteiger partial charge < -0.3 is 15.0 Å². The van der Waals surface area contributed by atoms with Crippen LogP contribution in [-0.4, -0.2) is 26.2 Å². The van der Waals surface area contributed by atoms with Gasteiger partial charge in [0.15, 0.2) is 0 Å². The van der Waals surface area contributed by atoms with Gasteiger partial charge in [-0.05, 0) is 77.9 Å². The van der Waals surface area contributed by atoms with E-state index in [0.717, 1.165) is 30.8 Å². The lowest BCUT2D eigenvalue weighted by Crippen LogP contribution is -2.38. The smallest absolute Gasteiger partial charge is 0.338 e. The molecule has 0 amide bonds. The summed E-state index contributed by atoms with van der Waals surface area (Å²) in [6.07, 6.45) is 1.04. The zero-order valence-electron chi connectivity index (χ0n) is 20.6. The minimum absolute atomic E-state index is 0.258. The molecule has 5 rings (SSSR count). The predicted octanol–water partition coefficient (Wildman–Crippen LogP) is 6.60. The second-order valence-electron chi connectivity index (χ2n) is 9.50. The molecule has 2 atom stereocenters. The van der Waals surface area contributed by atoms with Crippen LogP contribution in [-0.2, 0) is 11.2 Å². The largest absolute Gasteiger partial charge is 0.465 e. The van der Waals surface area contributed by atoms with Crippen molar-refractivity contribution >= 4 is 28.1 Å². The summed E-state index contributed by atoms with van der Waals surface area (Å²) in [5, 5.41) is 6.41. The topological polar surface area (TPSA) is 41.6 Å². The number of carbonyl (C=O) groups excluding carboxylic acids is 1.